The summed E-state index contributed by atoms with van der Waals surface area (Å²) in [6, 6.07) is 5.61. The number of guanidine groups is 1. The molecule has 0 bridgehead atoms. The van der Waals surface area contributed by atoms with Gasteiger partial charge in [-0.1, -0.05) is 19.1 Å². The molecule has 138 valence electrons. The molecule has 0 atom stereocenters. The summed E-state index contributed by atoms with van der Waals surface area (Å²) in [5.41, 5.74) is 7.65. The van der Waals surface area contributed by atoms with Crippen molar-refractivity contribution < 1.29 is 17.9 Å². The summed E-state index contributed by atoms with van der Waals surface area (Å²) >= 11 is 0. The highest BCUT2D eigenvalue weighted by atomic mass is 127. The van der Waals surface area contributed by atoms with Crippen LogP contribution in [0.2, 0.25) is 0 Å². The first kappa shape index (κ1) is 21.1. The molecule has 0 saturated heterocycles. The van der Waals surface area contributed by atoms with E-state index in [1.54, 1.807) is 17.8 Å². The third-order valence-electron chi connectivity index (χ3n) is 3.12. The van der Waals surface area contributed by atoms with Crippen LogP contribution in [0.25, 0.3) is 0 Å². The van der Waals surface area contributed by atoms with Gasteiger partial charge in [0, 0.05) is 18.8 Å². The topological polar surface area (TPSA) is 77.5 Å². The van der Waals surface area contributed by atoms with E-state index in [2.05, 4.69) is 20.1 Å². The van der Waals surface area contributed by atoms with Gasteiger partial charge in [0.15, 0.2) is 11.7 Å². The van der Waals surface area contributed by atoms with Crippen LogP contribution in [-0.4, -0.2) is 22.1 Å². The van der Waals surface area contributed by atoms with Crippen LogP contribution in [0, 0.1) is 0 Å². The van der Waals surface area contributed by atoms with Crippen LogP contribution in [0.3, 0.4) is 0 Å². The number of hydrogen-bond donors (Lipinski definition) is 2. The smallest absolute Gasteiger partial charge is 0.404 e. The summed E-state index contributed by atoms with van der Waals surface area (Å²) in [6.07, 6.45) is -2.20. The molecule has 0 aliphatic heterocycles. The van der Waals surface area contributed by atoms with Crippen molar-refractivity contribution in [3.8, 4) is 5.75 Å². The van der Waals surface area contributed by atoms with E-state index in [4.69, 9.17) is 5.73 Å². The Morgan fingerprint density at radius 1 is 1.36 bits per heavy atom. The Balaban J connectivity index is 0.00000312. The highest BCUT2D eigenvalue weighted by molar-refractivity contribution is 14.0. The van der Waals surface area contributed by atoms with Crippen LogP contribution in [0.4, 0.5) is 18.9 Å². The number of anilines is 1. The van der Waals surface area contributed by atoms with Crippen molar-refractivity contribution >= 4 is 35.6 Å². The van der Waals surface area contributed by atoms with Crippen LogP contribution in [0.15, 0.2) is 35.5 Å². The van der Waals surface area contributed by atoms with Crippen molar-refractivity contribution in [2.45, 2.75) is 26.3 Å². The highest BCUT2D eigenvalue weighted by Crippen LogP contribution is 2.29. The Labute approximate surface area is 160 Å². The number of nitrogens with zero attached hydrogens (tertiary/aromatic N) is 3. The number of rotatable bonds is 5. The lowest BCUT2D eigenvalue weighted by atomic mass is 10.2. The molecule has 6 nitrogen and oxygen atoms in total. The zero-order valence-electron chi connectivity index (χ0n) is 13.7. The molecule has 0 spiro atoms. The number of benzene rings is 1. The molecule has 0 unspecified atom stereocenters. The van der Waals surface area contributed by atoms with Gasteiger partial charge in [-0.05, 0) is 18.6 Å². The lowest BCUT2D eigenvalue weighted by Gasteiger charge is -2.14. The summed E-state index contributed by atoms with van der Waals surface area (Å²) in [5, 5.41) is 6.91. The Morgan fingerprint density at radius 2 is 2.04 bits per heavy atom. The number of ether oxygens (including phenoxy) is 1. The molecule has 0 aliphatic carbocycles. The molecule has 3 N–H and O–H groups in total. The third-order valence-corrected chi connectivity index (χ3v) is 3.12. The molecule has 1 heterocycles. The zero-order chi connectivity index (χ0) is 17.7. The average molecular weight is 469 g/mol. The highest BCUT2D eigenvalue weighted by Gasteiger charge is 2.32. The van der Waals surface area contributed by atoms with E-state index < -0.39 is 6.36 Å². The van der Waals surface area contributed by atoms with E-state index in [0.717, 1.165) is 17.7 Å². The van der Waals surface area contributed by atoms with Crippen LogP contribution < -0.4 is 15.8 Å². The zero-order valence-corrected chi connectivity index (χ0v) is 16.0. The molecule has 1 aromatic carbocycles. The Bertz CT molecular complexity index is 730. The number of nitrogens with two attached hydrogens (primary N) is 1. The summed E-state index contributed by atoms with van der Waals surface area (Å²) in [4.78, 5) is 4.14. The maximum Gasteiger partial charge on any atom is 0.573 e. The summed E-state index contributed by atoms with van der Waals surface area (Å²) in [7, 11) is 1.80. The van der Waals surface area contributed by atoms with Gasteiger partial charge >= 0.3 is 6.36 Å². The van der Waals surface area contributed by atoms with Crippen molar-refractivity contribution in [2.24, 2.45) is 17.8 Å². The SMILES string of the molecule is CCc1nn(C)cc1CN=C(N)Nc1ccccc1OC(F)(F)F.I. The van der Waals surface area contributed by atoms with Gasteiger partial charge in [-0.25, -0.2) is 4.99 Å². The van der Waals surface area contributed by atoms with Gasteiger partial charge in [0.05, 0.1) is 17.9 Å². The normalized spacial score (nSPS) is 11.8. The second-order valence-electron chi connectivity index (χ2n) is 5.00. The minimum absolute atomic E-state index is 0. The van der Waals surface area contributed by atoms with Gasteiger partial charge < -0.3 is 15.8 Å². The number of para-hydroxylation sites is 2. The number of halogens is 4. The van der Waals surface area contributed by atoms with E-state index in [1.165, 1.54) is 18.2 Å². The average Bonchev–Trinajstić information content (AvgIpc) is 2.86. The second kappa shape index (κ2) is 8.92. The van der Waals surface area contributed by atoms with Gasteiger partial charge in [0.25, 0.3) is 0 Å². The first-order valence-electron chi connectivity index (χ1n) is 7.21. The van der Waals surface area contributed by atoms with Gasteiger partial charge in [-0.15, -0.1) is 37.1 Å². The monoisotopic (exact) mass is 469 g/mol. The van der Waals surface area contributed by atoms with E-state index in [1.807, 2.05) is 13.1 Å². The van der Waals surface area contributed by atoms with Crippen LogP contribution in [0.1, 0.15) is 18.2 Å². The van der Waals surface area contributed by atoms with Gasteiger partial charge in [-0.2, -0.15) is 5.10 Å². The predicted molar refractivity (Wildman–Crippen MR) is 100 cm³/mol. The summed E-state index contributed by atoms with van der Waals surface area (Å²) in [6.45, 7) is 2.25. The lowest BCUT2D eigenvalue weighted by molar-refractivity contribution is -0.274. The van der Waals surface area contributed by atoms with E-state index in [0.29, 0.717) is 0 Å². The molecule has 0 fully saturated rings. The molecule has 2 rings (SSSR count). The Morgan fingerprint density at radius 3 is 2.68 bits per heavy atom. The predicted octanol–water partition coefficient (Wildman–Crippen LogP) is 3.43. The van der Waals surface area contributed by atoms with E-state index in [9.17, 15) is 13.2 Å². The maximum atomic E-state index is 12.4. The molecule has 0 aliphatic rings. The molecule has 0 saturated carbocycles. The number of aryl methyl sites for hydroxylation is 2. The molecular formula is C15H19F3IN5O. The van der Waals surface area contributed by atoms with Crippen molar-refractivity contribution in [2.75, 3.05) is 5.32 Å². The van der Waals surface area contributed by atoms with Crippen molar-refractivity contribution in [3.05, 3.63) is 41.7 Å². The van der Waals surface area contributed by atoms with Gasteiger partial charge in [-0.3, -0.25) is 4.68 Å². The minimum Gasteiger partial charge on any atom is -0.404 e. The summed E-state index contributed by atoms with van der Waals surface area (Å²) in [5.74, 6) is -0.391. The Hall–Kier alpha value is -1.98. The van der Waals surface area contributed by atoms with Crippen LogP contribution in [-0.2, 0) is 20.0 Å². The van der Waals surface area contributed by atoms with Gasteiger partial charge in [0.1, 0.15) is 0 Å². The minimum atomic E-state index is -4.78. The Kier molecular flexibility index (Phi) is 7.52. The van der Waals surface area contributed by atoms with E-state index >= 15 is 0 Å². The second-order valence-corrected chi connectivity index (χ2v) is 5.00. The third kappa shape index (κ3) is 6.44. The largest absolute Gasteiger partial charge is 0.573 e. The van der Waals surface area contributed by atoms with Gasteiger partial charge in [0.2, 0.25) is 0 Å². The number of aliphatic imine (C=N–C) groups is 1. The molecule has 1 aromatic heterocycles. The molecule has 0 radical (unpaired) electrons. The number of aromatic nitrogens is 2. The summed E-state index contributed by atoms with van der Waals surface area (Å²) < 4.78 is 42.8. The molecule has 10 heteroatoms. The first-order chi connectivity index (χ1) is 11.3. The van der Waals surface area contributed by atoms with Crippen molar-refractivity contribution in [1.82, 2.24) is 9.78 Å². The maximum absolute atomic E-state index is 12.4. The molecule has 2 aromatic rings. The van der Waals surface area contributed by atoms with Crippen molar-refractivity contribution in [1.29, 1.82) is 0 Å². The fraction of sp³-hybridized carbons (Fsp3) is 0.333. The number of nitrogens with one attached hydrogen (secondary N) is 1. The van der Waals surface area contributed by atoms with Crippen LogP contribution >= 0.6 is 24.0 Å². The van der Waals surface area contributed by atoms with E-state index in [-0.39, 0.29) is 47.9 Å². The number of hydrogen-bond acceptors (Lipinski definition) is 3. The quantitative estimate of drug-likeness (QED) is 0.400. The lowest BCUT2D eigenvalue weighted by Crippen LogP contribution is -2.24. The standard InChI is InChI=1S/C15H18F3N5O.HI/c1-3-11-10(9-23(2)22-11)8-20-14(19)21-12-6-4-5-7-13(12)24-15(16,17)18;/h4-7,9H,3,8H2,1-2H3,(H3,19,20,21);1H. The molecule has 0 amide bonds. The number of alkyl halides is 3. The fourth-order valence-corrected chi connectivity index (χ4v) is 2.14. The first-order valence-corrected chi connectivity index (χ1v) is 7.21. The molecule has 25 heavy (non-hydrogen) atoms. The molecular weight excluding hydrogens is 450 g/mol. The van der Waals surface area contributed by atoms with Crippen molar-refractivity contribution in [3.63, 3.8) is 0 Å². The fourth-order valence-electron chi connectivity index (χ4n) is 2.14. The van der Waals surface area contributed by atoms with Crippen LogP contribution in [0.5, 0.6) is 5.75 Å².